The first-order valence-electron chi connectivity index (χ1n) is 10.8. The van der Waals surface area contributed by atoms with Crippen LogP contribution in [0.2, 0.25) is 0 Å². The van der Waals surface area contributed by atoms with Gasteiger partial charge in [0.15, 0.2) is 0 Å². The van der Waals surface area contributed by atoms with Crippen molar-refractivity contribution in [2.75, 3.05) is 19.6 Å². The van der Waals surface area contributed by atoms with Gasteiger partial charge >= 0.3 is 6.18 Å². The van der Waals surface area contributed by atoms with Gasteiger partial charge in [0.2, 0.25) is 5.91 Å². The number of rotatable bonds is 3. The van der Waals surface area contributed by atoms with Crippen LogP contribution in [0.4, 0.5) is 22.0 Å². The van der Waals surface area contributed by atoms with Gasteiger partial charge < -0.3 is 15.3 Å². The number of nitrogens with one attached hydrogen (secondary N) is 1. The van der Waals surface area contributed by atoms with E-state index in [1.54, 1.807) is 12.1 Å². The van der Waals surface area contributed by atoms with Crippen LogP contribution in [0, 0.1) is 17.0 Å². The lowest BCUT2D eigenvalue weighted by Crippen LogP contribution is -2.59. The molecule has 0 radical (unpaired) electrons. The third-order valence-electron chi connectivity index (χ3n) is 7.06. The zero-order chi connectivity index (χ0) is 24.7. The van der Waals surface area contributed by atoms with E-state index in [2.05, 4.69) is 5.32 Å². The highest BCUT2D eigenvalue weighted by Gasteiger charge is 2.62. The average molecular weight is 482 g/mol. The predicted molar refractivity (Wildman–Crippen MR) is 111 cm³/mol. The van der Waals surface area contributed by atoms with E-state index in [9.17, 15) is 36.6 Å². The van der Waals surface area contributed by atoms with Crippen LogP contribution in [0.3, 0.4) is 0 Å². The molecule has 2 fully saturated rings. The Labute approximate surface area is 192 Å². The van der Waals surface area contributed by atoms with Gasteiger partial charge in [-0.25, -0.2) is 8.78 Å². The van der Waals surface area contributed by atoms with Gasteiger partial charge in [-0.1, -0.05) is 24.3 Å². The normalized spacial score (nSPS) is 22.2. The Hall–Kier alpha value is -3.01. The molecule has 0 bridgehead atoms. The first-order chi connectivity index (χ1) is 16.0. The topological polar surface area (TPSA) is 69.6 Å². The third kappa shape index (κ3) is 4.15. The fourth-order valence-corrected chi connectivity index (χ4v) is 5.11. The highest BCUT2D eigenvalue weighted by molar-refractivity contribution is 5.87. The molecule has 2 aromatic rings. The number of benzene rings is 2. The van der Waals surface area contributed by atoms with E-state index >= 15 is 0 Å². The number of nitrogens with zero attached hydrogens (tertiary/aromatic N) is 1. The molecule has 5 nitrogen and oxygen atoms in total. The summed E-state index contributed by atoms with van der Waals surface area (Å²) < 4.78 is 68.5. The van der Waals surface area contributed by atoms with Crippen molar-refractivity contribution in [1.82, 2.24) is 10.2 Å². The number of aliphatic hydroxyl groups is 1. The molecule has 0 aromatic heterocycles. The van der Waals surface area contributed by atoms with Crippen molar-refractivity contribution in [1.29, 1.82) is 0 Å². The van der Waals surface area contributed by atoms with Gasteiger partial charge in [0.1, 0.15) is 11.6 Å². The number of piperidine rings is 2. The number of carbonyl (C=O) groups is 2. The highest BCUT2D eigenvalue weighted by atomic mass is 19.4. The Morgan fingerprint density at radius 1 is 0.971 bits per heavy atom. The number of hydrogen-bond donors (Lipinski definition) is 2. The number of carbonyl (C=O) groups excluding carboxylic acids is 2. The van der Waals surface area contributed by atoms with Gasteiger partial charge in [0.25, 0.3) is 11.5 Å². The van der Waals surface area contributed by atoms with Crippen molar-refractivity contribution in [2.45, 2.75) is 37.0 Å². The fourth-order valence-electron chi connectivity index (χ4n) is 5.11. The third-order valence-corrected chi connectivity index (χ3v) is 7.06. The van der Waals surface area contributed by atoms with Crippen LogP contribution in [-0.4, -0.2) is 47.6 Å². The maximum absolute atomic E-state index is 13.9. The Morgan fingerprint density at radius 3 is 2.03 bits per heavy atom. The molecule has 2 aliphatic heterocycles. The summed E-state index contributed by atoms with van der Waals surface area (Å²) in [6.45, 7) is 0.0767. The minimum Gasteiger partial charge on any atom is -0.369 e. The monoisotopic (exact) mass is 482 g/mol. The molecule has 2 heterocycles. The second-order valence-corrected chi connectivity index (χ2v) is 8.95. The van der Waals surface area contributed by atoms with Crippen molar-refractivity contribution in [2.24, 2.45) is 5.41 Å². The maximum atomic E-state index is 13.9. The predicted octanol–water partition coefficient (Wildman–Crippen LogP) is 3.63. The van der Waals surface area contributed by atoms with Crippen LogP contribution in [0.15, 0.2) is 48.5 Å². The van der Waals surface area contributed by atoms with Crippen LogP contribution in [0.25, 0.3) is 0 Å². The lowest BCUT2D eigenvalue weighted by atomic mass is 9.62. The summed E-state index contributed by atoms with van der Waals surface area (Å²) in [6.07, 6.45) is -4.76. The minimum absolute atomic E-state index is 0.108. The van der Waals surface area contributed by atoms with E-state index in [4.69, 9.17) is 0 Å². The minimum atomic E-state index is -5.33. The molecule has 2 amide bonds. The molecule has 1 spiro atoms. The molecule has 34 heavy (non-hydrogen) atoms. The lowest BCUT2D eigenvalue weighted by molar-refractivity contribution is -0.262. The number of alkyl halides is 3. The molecule has 0 aliphatic carbocycles. The number of hydrogen-bond acceptors (Lipinski definition) is 3. The Morgan fingerprint density at radius 2 is 1.50 bits per heavy atom. The van der Waals surface area contributed by atoms with Crippen molar-refractivity contribution < 1.29 is 36.6 Å². The first kappa shape index (κ1) is 24.1. The largest absolute Gasteiger partial charge is 0.430 e. The van der Waals surface area contributed by atoms with Crippen molar-refractivity contribution in [3.8, 4) is 0 Å². The second kappa shape index (κ2) is 8.65. The zero-order valence-corrected chi connectivity index (χ0v) is 18.0. The van der Waals surface area contributed by atoms with E-state index in [1.165, 1.54) is 12.1 Å². The van der Waals surface area contributed by atoms with Crippen LogP contribution in [-0.2, 0) is 15.2 Å². The molecular weight excluding hydrogens is 459 g/mol. The van der Waals surface area contributed by atoms with Crippen LogP contribution >= 0.6 is 0 Å². The molecule has 2 saturated heterocycles. The summed E-state index contributed by atoms with van der Waals surface area (Å²) in [5.74, 6) is -3.16. The molecule has 2 aliphatic rings. The van der Waals surface area contributed by atoms with Crippen molar-refractivity contribution >= 4 is 11.8 Å². The van der Waals surface area contributed by atoms with E-state index in [-0.39, 0.29) is 44.2 Å². The summed E-state index contributed by atoms with van der Waals surface area (Å²) >= 11 is 0. The standard InChI is InChI=1S/C24H23F5N2O3/c25-17-5-1-15(2-6-17)19-14-30-20(32)13-22(19)9-11-31(12-10-22)21(33)23(34,24(27,28)29)16-3-7-18(26)8-4-16/h1-8,19,34H,9-14H2,(H,30,32)/t19-,23+/m0/s1. The van der Waals surface area contributed by atoms with E-state index in [1.807, 2.05) is 0 Å². The van der Waals surface area contributed by atoms with Crippen LogP contribution < -0.4 is 5.32 Å². The number of likely N-dealkylation sites (tertiary alicyclic amines) is 1. The van der Waals surface area contributed by atoms with Crippen LogP contribution in [0.1, 0.15) is 36.3 Å². The molecule has 2 aromatic carbocycles. The Kier molecular flexibility index (Phi) is 6.14. The quantitative estimate of drug-likeness (QED) is 0.657. The average Bonchev–Trinajstić information content (AvgIpc) is 2.79. The summed E-state index contributed by atoms with van der Waals surface area (Å²) in [7, 11) is 0. The van der Waals surface area contributed by atoms with E-state index in [0.29, 0.717) is 6.54 Å². The number of amides is 2. The van der Waals surface area contributed by atoms with E-state index in [0.717, 1.165) is 34.7 Å². The lowest BCUT2D eigenvalue weighted by Gasteiger charge is -2.50. The van der Waals surface area contributed by atoms with Gasteiger partial charge in [0, 0.05) is 37.5 Å². The van der Waals surface area contributed by atoms with E-state index < -0.39 is 40.3 Å². The molecule has 182 valence electrons. The fraction of sp³-hybridized carbons (Fsp3) is 0.417. The summed E-state index contributed by atoms with van der Waals surface area (Å²) in [6, 6.07) is 8.83. The van der Waals surface area contributed by atoms with Gasteiger partial charge in [0.05, 0.1) is 0 Å². The SMILES string of the molecule is O=C1CC2(CCN(C(=O)[C@](O)(c3ccc(F)cc3)C(F)(F)F)CC2)[C@H](c2ccc(F)cc2)CN1. The number of halogens is 5. The maximum Gasteiger partial charge on any atom is 0.430 e. The summed E-state index contributed by atoms with van der Waals surface area (Å²) in [4.78, 5) is 26.2. The van der Waals surface area contributed by atoms with Gasteiger partial charge in [-0.05, 0) is 48.1 Å². The van der Waals surface area contributed by atoms with Gasteiger partial charge in [-0.3, -0.25) is 9.59 Å². The van der Waals surface area contributed by atoms with Crippen molar-refractivity contribution in [3.63, 3.8) is 0 Å². The first-order valence-corrected chi connectivity index (χ1v) is 10.8. The van der Waals surface area contributed by atoms with Gasteiger partial charge in [-0.15, -0.1) is 0 Å². The molecule has 0 unspecified atom stereocenters. The smallest absolute Gasteiger partial charge is 0.369 e. The van der Waals surface area contributed by atoms with Crippen molar-refractivity contribution in [3.05, 3.63) is 71.3 Å². The molecule has 2 atom stereocenters. The highest BCUT2D eigenvalue weighted by Crippen LogP contribution is 2.50. The molecule has 10 heteroatoms. The van der Waals surface area contributed by atoms with Crippen LogP contribution in [0.5, 0.6) is 0 Å². The second-order valence-electron chi connectivity index (χ2n) is 8.95. The summed E-state index contributed by atoms with van der Waals surface area (Å²) in [5, 5.41) is 13.4. The molecule has 0 saturated carbocycles. The van der Waals surface area contributed by atoms with Gasteiger partial charge in [-0.2, -0.15) is 13.2 Å². The molecule has 2 N–H and O–H groups in total. The molecular formula is C24H23F5N2O3. The molecule has 4 rings (SSSR count). The zero-order valence-electron chi connectivity index (χ0n) is 18.0. The summed E-state index contributed by atoms with van der Waals surface area (Å²) in [5.41, 5.74) is -4.43. The Bertz CT molecular complexity index is 1060. The Balaban J connectivity index is 1.59.